The zero-order valence-electron chi connectivity index (χ0n) is 14.4. The number of fused-ring (bicyclic) bond motifs is 1. The molecule has 0 bridgehead atoms. The highest BCUT2D eigenvalue weighted by Crippen LogP contribution is 2.32. The van der Waals surface area contributed by atoms with Gasteiger partial charge in [0, 0.05) is 31.6 Å². The van der Waals surface area contributed by atoms with Crippen molar-refractivity contribution in [3.63, 3.8) is 0 Å². The van der Waals surface area contributed by atoms with Crippen LogP contribution in [0.2, 0.25) is 0 Å². The number of nitrogens with one attached hydrogen (secondary N) is 1. The highest BCUT2D eigenvalue weighted by atomic mass is 19.2. The maximum atomic E-state index is 14.5. The molecule has 0 unspecified atom stereocenters. The van der Waals surface area contributed by atoms with Crippen molar-refractivity contribution in [1.29, 1.82) is 0 Å². The Morgan fingerprint density at radius 1 is 1.29 bits per heavy atom. The normalized spacial score (nSPS) is 11.0. The number of halogens is 2. The van der Waals surface area contributed by atoms with Gasteiger partial charge in [-0.25, -0.2) is 4.39 Å². The van der Waals surface area contributed by atoms with Gasteiger partial charge in [-0.3, -0.25) is 4.79 Å². The number of benzene rings is 1. The SMILES string of the molecule is CCCCOc1cc2c(CCNC(C)=O)cn(CC)c2c(F)c1F. The third-order valence-corrected chi connectivity index (χ3v) is 3.96. The summed E-state index contributed by atoms with van der Waals surface area (Å²) in [5.74, 6) is -2.00. The van der Waals surface area contributed by atoms with Crippen LogP contribution in [0.3, 0.4) is 0 Å². The van der Waals surface area contributed by atoms with Crippen LogP contribution in [0, 0.1) is 11.6 Å². The summed E-state index contributed by atoms with van der Waals surface area (Å²) in [7, 11) is 0. The van der Waals surface area contributed by atoms with E-state index in [1.165, 1.54) is 6.92 Å². The minimum Gasteiger partial charge on any atom is -0.490 e. The van der Waals surface area contributed by atoms with E-state index in [9.17, 15) is 13.6 Å². The van der Waals surface area contributed by atoms with Gasteiger partial charge in [0.1, 0.15) is 0 Å². The van der Waals surface area contributed by atoms with Crippen LogP contribution < -0.4 is 10.1 Å². The number of unbranched alkanes of at least 4 members (excludes halogenated alkanes) is 1. The third-order valence-electron chi connectivity index (χ3n) is 3.96. The number of amides is 1. The molecule has 0 aliphatic carbocycles. The Morgan fingerprint density at radius 2 is 2.04 bits per heavy atom. The lowest BCUT2D eigenvalue weighted by atomic mass is 10.1. The minimum absolute atomic E-state index is 0.0527. The Labute approximate surface area is 140 Å². The van der Waals surface area contributed by atoms with Gasteiger partial charge in [-0.1, -0.05) is 13.3 Å². The zero-order chi connectivity index (χ0) is 17.7. The Morgan fingerprint density at radius 3 is 2.67 bits per heavy atom. The summed E-state index contributed by atoms with van der Waals surface area (Å²) < 4.78 is 35.9. The van der Waals surface area contributed by atoms with Crippen LogP contribution in [0.5, 0.6) is 5.75 Å². The average Bonchev–Trinajstić information content (AvgIpc) is 2.90. The van der Waals surface area contributed by atoms with Crippen LogP contribution >= 0.6 is 0 Å². The number of hydrogen-bond donors (Lipinski definition) is 1. The minimum atomic E-state index is -0.945. The summed E-state index contributed by atoms with van der Waals surface area (Å²) in [6.07, 6.45) is 4.05. The summed E-state index contributed by atoms with van der Waals surface area (Å²) in [6.45, 7) is 6.66. The van der Waals surface area contributed by atoms with E-state index in [0.717, 1.165) is 18.4 Å². The van der Waals surface area contributed by atoms with Gasteiger partial charge in [0.05, 0.1) is 12.1 Å². The standard InChI is InChI=1S/C18H24F2N2O2/c1-4-6-9-24-15-10-14-13(7-8-21-12(3)23)11-22(5-2)18(14)17(20)16(15)19/h10-11H,4-9H2,1-3H3,(H,21,23). The van der Waals surface area contributed by atoms with Crippen molar-refractivity contribution in [2.45, 2.75) is 46.6 Å². The van der Waals surface area contributed by atoms with Gasteiger partial charge < -0.3 is 14.6 Å². The quantitative estimate of drug-likeness (QED) is 0.744. The van der Waals surface area contributed by atoms with Crippen LogP contribution in [0.15, 0.2) is 12.3 Å². The van der Waals surface area contributed by atoms with E-state index < -0.39 is 11.6 Å². The average molecular weight is 338 g/mol. The molecule has 2 rings (SSSR count). The third kappa shape index (κ3) is 3.86. The fraction of sp³-hybridized carbons (Fsp3) is 0.500. The summed E-state index contributed by atoms with van der Waals surface area (Å²) in [5, 5.41) is 3.35. The first-order chi connectivity index (χ1) is 11.5. The van der Waals surface area contributed by atoms with Crippen molar-refractivity contribution < 1.29 is 18.3 Å². The Hall–Kier alpha value is -2.11. The fourth-order valence-corrected chi connectivity index (χ4v) is 2.69. The van der Waals surface area contributed by atoms with E-state index in [2.05, 4.69) is 5.32 Å². The number of nitrogens with zero attached hydrogens (tertiary/aromatic N) is 1. The number of ether oxygens (including phenoxy) is 1. The lowest BCUT2D eigenvalue weighted by Crippen LogP contribution is -2.22. The second-order valence-corrected chi connectivity index (χ2v) is 5.77. The second-order valence-electron chi connectivity index (χ2n) is 5.77. The molecule has 24 heavy (non-hydrogen) atoms. The largest absolute Gasteiger partial charge is 0.490 e. The van der Waals surface area contributed by atoms with Gasteiger partial charge in [-0.05, 0) is 31.4 Å². The van der Waals surface area contributed by atoms with E-state index >= 15 is 0 Å². The summed E-state index contributed by atoms with van der Waals surface area (Å²) in [4.78, 5) is 11.0. The van der Waals surface area contributed by atoms with Gasteiger partial charge in [-0.15, -0.1) is 0 Å². The molecule has 0 aliphatic heterocycles. The summed E-state index contributed by atoms with van der Waals surface area (Å²) in [5.41, 5.74) is 1.11. The van der Waals surface area contributed by atoms with Gasteiger partial charge in [0.25, 0.3) is 0 Å². The van der Waals surface area contributed by atoms with Crippen molar-refractivity contribution in [3.8, 4) is 5.75 Å². The van der Waals surface area contributed by atoms with Crippen LogP contribution in [0.25, 0.3) is 10.9 Å². The van der Waals surface area contributed by atoms with E-state index in [4.69, 9.17) is 4.74 Å². The molecule has 0 atom stereocenters. The van der Waals surface area contributed by atoms with Gasteiger partial charge in [0.15, 0.2) is 11.6 Å². The smallest absolute Gasteiger partial charge is 0.216 e. The lowest BCUT2D eigenvalue weighted by Gasteiger charge is -2.10. The molecule has 1 heterocycles. The van der Waals surface area contributed by atoms with Crippen molar-refractivity contribution in [2.24, 2.45) is 0 Å². The highest BCUT2D eigenvalue weighted by molar-refractivity contribution is 5.86. The first-order valence-corrected chi connectivity index (χ1v) is 8.36. The maximum absolute atomic E-state index is 14.5. The molecule has 2 aromatic rings. The first kappa shape index (κ1) is 18.2. The Bertz CT molecular complexity index is 726. The predicted molar refractivity (Wildman–Crippen MR) is 90.3 cm³/mol. The topological polar surface area (TPSA) is 43.3 Å². The number of carbonyl (C=O) groups excluding carboxylic acids is 1. The first-order valence-electron chi connectivity index (χ1n) is 8.36. The molecule has 0 spiro atoms. The molecular weight excluding hydrogens is 314 g/mol. The van der Waals surface area contributed by atoms with E-state index in [-0.39, 0.29) is 17.2 Å². The molecule has 0 saturated carbocycles. The van der Waals surface area contributed by atoms with Gasteiger partial charge in [-0.2, -0.15) is 4.39 Å². The molecule has 4 nitrogen and oxygen atoms in total. The maximum Gasteiger partial charge on any atom is 0.216 e. The number of aromatic nitrogens is 1. The molecule has 0 saturated heterocycles. The number of carbonyl (C=O) groups is 1. The van der Waals surface area contributed by atoms with Crippen LogP contribution in [0.4, 0.5) is 8.78 Å². The summed E-state index contributed by atoms with van der Waals surface area (Å²) >= 11 is 0. The second kappa shape index (κ2) is 8.13. The molecule has 1 N–H and O–H groups in total. The molecule has 0 fully saturated rings. The highest BCUT2D eigenvalue weighted by Gasteiger charge is 2.20. The molecule has 0 radical (unpaired) electrons. The number of rotatable bonds is 8. The Balaban J connectivity index is 2.41. The molecule has 6 heteroatoms. The summed E-state index contributed by atoms with van der Waals surface area (Å²) in [6, 6.07) is 1.57. The zero-order valence-corrected chi connectivity index (χ0v) is 14.4. The molecule has 0 aliphatic rings. The molecule has 1 aromatic heterocycles. The van der Waals surface area contributed by atoms with Crippen molar-refractivity contribution in [3.05, 3.63) is 29.5 Å². The molecule has 1 aromatic carbocycles. The van der Waals surface area contributed by atoms with Crippen LogP contribution in [0.1, 0.15) is 39.2 Å². The van der Waals surface area contributed by atoms with Crippen molar-refractivity contribution in [2.75, 3.05) is 13.2 Å². The van der Waals surface area contributed by atoms with E-state index in [0.29, 0.717) is 31.5 Å². The van der Waals surface area contributed by atoms with Crippen LogP contribution in [-0.2, 0) is 17.8 Å². The monoisotopic (exact) mass is 338 g/mol. The van der Waals surface area contributed by atoms with Crippen molar-refractivity contribution in [1.82, 2.24) is 9.88 Å². The predicted octanol–water partition coefficient (Wildman–Crippen LogP) is 3.80. The number of hydrogen-bond acceptors (Lipinski definition) is 2. The van der Waals surface area contributed by atoms with E-state index in [1.807, 2.05) is 20.0 Å². The van der Waals surface area contributed by atoms with Crippen molar-refractivity contribution >= 4 is 16.8 Å². The van der Waals surface area contributed by atoms with Gasteiger partial charge >= 0.3 is 0 Å². The number of aryl methyl sites for hydroxylation is 1. The van der Waals surface area contributed by atoms with Gasteiger partial charge in [0.2, 0.25) is 11.7 Å². The molecular formula is C18H24F2N2O2. The fourth-order valence-electron chi connectivity index (χ4n) is 2.69. The Kier molecular flexibility index (Phi) is 6.17. The molecule has 1 amide bonds. The van der Waals surface area contributed by atoms with Crippen LogP contribution in [-0.4, -0.2) is 23.6 Å². The van der Waals surface area contributed by atoms with E-state index in [1.54, 1.807) is 10.6 Å². The lowest BCUT2D eigenvalue weighted by molar-refractivity contribution is -0.118. The molecule has 132 valence electrons.